The summed E-state index contributed by atoms with van der Waals surface area (Å²) in [6.07, 6.45) is 2.05. The van der Waals surface area contributed by atoms with Crippen LogP contribution in [0, 0.1) is 13.8 Å². The Morgan fingerprint density at radius 3 is 2.54 bits per heavy atom. The molecule has 7 heteroatoms. The van der Waals surface area contributed by atoms with E-state index in [0.29, 0.717) is 52.7 Å². The molecule has 0 aliphatic rings. The van der Waals surface area contributed by atoms with E-state index in [1.54, 1.807) is 24.3 Å². The molecule has 0 aliphatic heterocycles. The minimum Gasteiger partial charge on any atom is -0.493 e. The van der Waals surface area contributed by atoms with Crippen molar-refractivity contribution < 1.29 is 27.2 Å². The standard InChI is InChI=1S/C30H23NO6/c1-18-10-13-25(35-18)29-27(28(32)24-9-6-15-34-24)22-12-11-21(17-26(22)37-29)33-16-14-23-19(2)36-30(31-23)20-7-4-3-5-8-20/h3-13,15,17H,14,16H2,1-2H3. The molecule has 184 valence electrons. The number of furan rings is 3. The fourth-order valence-electron chi connectivity index (χ4n) is 4.28. The number of nitrogens with zero attached hydrogens (tertiary/aromatic N) is 1. The highest BCUT2D eigenvalue weighted by atomic mass is 16.5. The van der Waals surface area contributed by atoms with Crippen molar-refractivity contribution in [3.8, 4) is 28.7 Å². The molecule has 6 aromatic rings. The van der Waals surface area contributed by atoms with Gasteiger partial charge in [-0.3, -0.25) is 4.79 Å². The third-order valence-electron chi connectivity index (χ3n) is 6.12. The van der Waals surface area contributed by atoms with Gasteiger partial charge < -0.3 is 22.4 Å². The summed E-state index contributed by atoms with van der Waals surface area (Å²) in [6, 6.07) is 22.1. The fourth-order valence-corrected chi connectivity index (χ4v) is 4.28. The number of oxazole rings is 1. The van der Waals surface area contributed by atoms with Gasteiger partial charge in [-0.1, -0.05) is 18.2 Å². The van der Waals surface area contributed by atoms with E-state index < -0.39 is 0 Å². The average molecular weight is 494 g/mol. The smallest absolute Gasteiger partial charge is 0.232 e. The van der Waals surface area contributed by atoms with Gasteiger partial charge in [-0.15, -0.1) is 0 Å². The van der Waals surface area contributed by atoms with Crippen molar-refractivity contribution in [3.05, 3.63) is 108 Å². The van der Waals surface area contributed by atoms with Gasteiger partial charge in [0.15, 0.2) is 17.3 Å². The van der Waals surface area contributed by atoms with Crippen molar-refractivity contribution in [2.24, 2.45) is 0 Å². The molecule has 4 heterocycles. The summed E-state index contributed by atoms with van der Waals surface area (Å²) < 4.78 is 29.1. The third-order valence-corrected chi connectivity index (χ3v) is 6.12. The van der Waals surface area contributed by atoms with Crippen LogP contribution in [0.1, 0.15) is 33.3 Å². The van der Waals surface area contributed by atoms with Crippen molar-refractivity contribution in [2.45, 2.75) is 20.3 Å². The Bertz CT molecular complexity index is 1680. The fraction of sp³-hybridized carbons (Fsp3) is 0.133. The van der Waals surface area contributed by atoms with Crippen LogP contribution in [-0.4, -0.2) is 17.4 Å². The maximum Gasteiger partial charge on any atom is 0.232 e. The number of hydrogen-bond acceptors (Lipinski definition) is 7. The van der Waals surface area contributed by atoms with Crippen molar-refractivity contribution in [2.75, 3.05) is 6.61 Å². The van der Waals surface area contributed by atoms with Gasteiger partial charge in [0, 0.05) is 23.4 Å². The molecule has 0 saturated carbocycles. The Morgan fingerprint density at radius 1 is 0.919 bits per heavy atom. The van der Waals surface area contributed by atoms with Gasteiger partial charge >= 0.3 is 0 Å². The lowest BCUT2D eigenvalue weighted by molar-refractivity contribution is 0.101. The van der Waals surface area contributed by atoms with E-state index in [9.17, 15) is 4.79 Å². The van der Waals surface area contributed by atoms with Crippen molar-refractivity contribution in [1.82, 2.24) is 4.98 Å². The maximum atomic E-state index is 13.3. The van der Waals surface area contributed by atoms with Crippen LogP contribution in [0.4, 0.5) is 0 Å². The van der Waals surface area contributed by atoms with E-state index in [1.807, 2.05) is 62.4 Å². The number of aryl methyl sites for hydroxylation is 2. The molecule has 0 amide bonds. The topological polar surface area (TPSA) is 91.8 Å². The molecule has 7 nitrogen and oxygen atoms in total. The highest BCUT2D eigenvalue weighted by Crippen LogP contribution is 2.37. The molecule has 0 saturated heterocycles. The van der Waals surface area contributed by atoms with Gasteiger partial charge in [-0.05, 0) is 62.4 Å². The van der Waals surface area contributed by atoms with Gasteiger partial charge in [0.25, 0.3) is 0 Å². The number of carbonyl (C=O) groups is 1. The maximum absolute atomic E-state index is 13.3. The molecule has 0 spiro atoms. The van der Waals surface area contributed by atoms with E-state index in [1.165, 1.54) is 6.26 Å². The minimum atomic E-state index is -0.280. The molecule has 6 rings (SSSR count). The number of benzene rings is 2. The minimum absolute atomic E-state index is 0.227. The van der Waals surface area contributed by atoms with E-state index in [2.05, 4.69) is 4.98 Å². The number of fused-ring (bicyclic) bond motifs is 1. The Labute approximate surface area is 212 Å². The summed E-state index contributed by atoms with van der Waals surface area (Å²) in [5, 5.41) is 0.651. The SMILES string of the molecule is Cc1ccc(-c2oc3cc(OCCc4nc(-c5ccccc5)oc4C)ccc3c2C(=O)c2ccco2)o1. The predicted molar refractivity (Wildman–Crippen MR) is 137 cm³/mol. The van der Waals surface area contributed by atoms with Gasteiger partial charge in [0.05, 0.1) is 24.1 Å². The van der Waals surface area contributed by atoms with Crippen LogP contribution in [0.15, 0.2) is 96.7 Å². The quantitative estimate of drug-likeness (QED) is 0.204. The molecular weight excluding hydrogens is 470 g/mol. The first kappa shape index (κ1) is 22.7. The van der Waals surface area contributed by atoms with Gasteiger partial charge in [0.1, 0.15) is 22.9 Å². The summed E-state index contributed by atoms with van der Waals surface area (Å²) in [7, 11) is 0. The monoisotopic (exact) mass is 493 g/mol. The van der Waals surface area contributed by atoms with Crippen LogP contribution in [-0.2, 0) is 6.42 Å². The highest BCUT2D eigenvalue weighted by molar-refractivity contribution is 6.18. The molecule has 37 heavy (non-hydrogen) atoms. The Hall–Kier alpha value is -4.78. The summed E-state index contributed by atoms with van der Waals surface area (Å²) in [5.41, 5.74) is 2.68. The van der Waals surface area contributed by atoms with Crippen LogP contribution in [0.5, 0.6) is 5.75 Å². The second-order valence-corrected chi connectivity index (χ2v) is 8.67. The molecule has 0 bridgehead atoms. The molecule has 0 atom stereocenters. The second kappa shape index (κ2) is 9.35. The average Bonchev–Trinajstić information content (AvgIpc) is 3.71. The van der Waals surface area contributed by atoms with Crippen molar-refractivity contribution in [1.29, 1.82) is 0 Å². The molecular formula is C30H23NO6. The molecule has 0 N–H and O–H groups in total. The zero-order valence-electron chi connectivity index (χ0n) is 20.3. The largest absolute Gasteiger partial charge is 0.493 e. The first-order chi connectivity index (χ1) is 18.1. The molecule has 0 fully saturated rings. The molecule has 0 radical (unpaired) electrons. The lowest BCUT2D eigenvalue weighted by Crippen LogP contribution is -2.03. The van der Waals surface area contributed by atoms with E-state index in [0.717, 1.165) is 22.8 Å². The number of aromatic nitrogens is 1. The van der Waals surface area contributed by atoms with Crippen LogP contribution >= 0.6 is 0 Å². The molecule has 2 aromatic carbocycles. The second-order valence-electron chi connectivity index (χ2n) is 8.67. The number of carbonyl (C=O) groups excluding carboxylic acids is 1. The molecule has 4 aromatic heterocycles. The van der Waals surface area contributed by atoms with Crippen molar-refractivity contribution >= 4 is 16.8 Å². The van der Waals surface area contributed by atoms with Gasteiger partial charge in [-0.25, -0.2) is 4.98 Å². The summed E-state index contributed by atoms with van der Waals surface area (Å²) in [4.78, 5) is 17.9. The van der Waals surface area contributed by atoms with Crippen LogP contribution in [0.25, 0.3) is 33.9 Å². The number of ketones is 1. The first-order valence-electron chi connectivity index (χ1n) is 11.9. The zero-order valence-corrected chi connectivity index (χ0v) is 20.3. The Balaban J connectivity index is 1.25. The zero-order chi connectivity index (χ0) is 25.4. The van der Waals surface area contributed by atoms with Crippen LogP contribution < -0.4 is 4.74 Å². The van der Waals surface area contributed by atoms with Gasteiger partial charge in [0.2, 0.25) is 11.7 Å². The summed E-state index contributed by atoms with van der Waals surface area (Å²) >= 11 is 0. The number of hydrogen-bond donors (Lipinski definition) is 0. The highest BCUT2D eigenvalue weighted by Gasteiger charge is 2.26. The Morgan fingerprint density at radius 2 is 1.78 bits per heavy atom. The normalized spacial score (nSPS) is 11.3. The van der Waals surface area contributed by atoms with Crippen molar-refractivity contribution in [3.63, 3.8) is 0 Å². The third kappa shape index (κ3) is 4.36. The predicted octanol–water partition coefficient (Wildman–Crippen LogP) is 7.41. The Kier molecular flexibility index (Phi) is 5.73. The summed E-state index contributed by atoms with van der Waals surface area (Å²) in [5.74, 6) is 3.47. The van der Waals surface area contributed by atoms with Gasteiger partial charge in [-0.2, -0.15) is 0 Å². The lowest BCUT2D eigenvalue weighted by atomic mass is 10.0. The van der Waals surface area contributed by atoms with Crippen LogP contribution in [0.3, 0.4) is 0 Å². The summed E-state index contributed by atoms with van der Waals surface area (Å²) in [6.45, 7) is 4.14. The number of rotatable bonds is 8. The molecule has 0 unspecified atom stereocenters. The first-order valence-corrected chi connectivity index (χ1v) is 11.9. The van der Waals surface area contributed by atoms with Crippen LogP contribution in [0.2, 0.25) is 0 Å². The number of ether oxygens (including phenoxy) is 1. The molecule has 0 aliphatic carbocycles. The van der Waals surface area contributed by atoms with E-state index in [-0.39, 0.29) is 11.5 Å². The van der Waals surface area contributed by atoms with E-state index in [4.69, 9.17) is 22.4 Å². The van der Waals surface area contributed by atoms with E-state index >= 15 is 0 Å². The lowest BCUT2D eigenvalue weighted by Gasteiger charge is -2.05.